The van der Waals surface area contributed by atoms with Crippen molar-refractivity contribution in [1.29, 1.82) is 0 Å². The van der Waals surface area contributed by atoms with Crippen molar-refractivity contribution in [2.75, 3.05) is 0 Å². The van der Waals surface area contributed by atoms with Crippen LogP contribution in [0, 0.1) is 20.2 Å². The smallest absolute Gasteiger partial charge is 0.336 e. The predicted molar refractivity (Wildman–Crippen MR) is 71.2 cm³/mol. The Morgan fingerprint density at radius 1 is 0.818 bits per heavy atom. The van der Waals surface area contributed by atoms with E-state index >= 15 is 0 Å². The van der Waals surface area contributed by atoms with Crippen LogP contribution in [0.1, 0.15) is 20.7 Å². The second-order valence-electron chi connectivity index (χ2n) is 4.21. The molecule has 2 rings (SSSR count). The van der Waals surface area contributed by atoms with Gasteiger partial charge >= 0.3 is 11.9 Å². The minimum atomic E-state index is -1.58. The molecule has 0 bridgehead atoms. The van der Waals surface area contributed by atoms with E-state index in [0.29, 0.717) is 12.1 Å². The highest BCUT2D eigenvalue weighted by Crippen LogP contribution is 2.32. The summed E-state index contributed by atoms with van der Waals surface area (Å²) in [5, 5.41) is 39.4. The molecule has 10 nitrogen and oxygen atoms in total. The lowest BCUT2D eigenvalue weighted by molar-refractivity contribution is -0.385. The fraction of sp³-hybridized carbons (Fsp3) is 0. The molecule has 0 amide bonds. The highest BCUT2D eigenvalue weighted by Gasteiger charge is 2.24. The quantitative estimate of drug-likeness (QED) is 0.640. The number of rotatable bonds is 4. The summed E-state index contributed by atoms with van der Waals surface area (Å²) in [4.78, 5) is 42.4. The number of hydrogen-bond donors (Lipinski definition) is 2. The predicted octanol–water partition coefficient (Wildman–Crippen LogP) is 2.05. The minimum Gasteiger partial charge on any atom is -0.478 e. The van der Waals surface area contributed by atoms with Crippen LogP contribution in [0.5, 0.6) is 0 Å². The number of carboxylic acid groups (broad SMARTS) is 2. The van der Waals surface area contributed by atoms with Crippen LogP contribution in [0.25, 0.3) is 10.8 Å². The highest BCUT2D eigenvalue weighted by atomic mass is 16.6. The lowest BCUT2D eigenvalue weighted by atomic mass is 9.97. The molecule has 0 saturated heterocycles. The number of carbonyl (C=O) groups is 2. The molecule has 0 aliphatic rings. The van der Waals surface area contributed by atoms with Crippen LogP contribution in [0.3, 0.4) is 0 Å². The van der Waals surface area contributed by atoms with Gasteiger partial charge < -0.3 is 10.2 Å². The number of hydrogen-bond acceptors (Lipinski definition) is 6. The molecule has 0 heterocycles. The van der Waals surface area contributed by atoms with E-state index in [-0.39, 0.29) is 10.8 Å². The molecule has 22 heavy (non-hydrogen) atoms. The standard InChI is InChI=1S/C12H6N2O8/c15-11(16)8-3-6(13(19)20)1-5-2-7(14(21)22)4-9(10(5)8)12(17)18/h1-4H,(H,15,16)(H,17,18). The minimum absolute atomic E-state index is 0.210. The largest absolute Gasteiger partial charge is 0.478 e. The van der Waals surface area contributed by atoms with Crippen molar-refractivity contribution in [2.24, 2.45) is 0 Å². The van der Waals surface area contributed by atoms with E-state index in [0.717, 1.165) is 12.1 Å². The van der Waals surface area contributed by atoms with Crippen LogP contribution in [0.15, 0.2) is 24.3 Å². The number of aromatic carboxylic acids is 2. The maximum absolute atomic E-state index is 11.2. The summed E-state index contributed by atoms with van der Waals surface area (Å²) in [6.45, 7) is 0. The van der Waals surface area contributed by atoms with Gasteiger partial charge in [0.15, 0.2) is 0 Å². The molecule has 0 atom stereocenters. The maximum Gasteiger partial charge on any atom is 0.336 e. The molecule has 2 aromatic rings. The molecule has 0 aliphatic carbocycles. The Hall–Kier alpha value is -3.56. The molecule has 0 aromatic heterocycles. The SMILES string of the molecule is O=C(O)c1cc([N+](=O)[O-])cc2cc([N+](=O)[O-])cc(C(=O)O)c12. The first-order valence-electron chi connectivity index (χ1n) is 5.59. The Morgan fingerprint density at radius 3 is 1.45 bits per heavy atom. The van der Waals surface area contributed by atoms with Gasteiger partial charge in [-0.15, -0.1) is 0 Å². The van der Waals surface area contributed by atoms with E-state index in [4.69, 9.17) is 10.2 Å². The van der Waals surface area contributed by atoms with Crippen LogP contribution in [0.2, 0.25) is 0 Å². The topological polar surface area (TPSA) is 161 Å². The van der Waals surface area contributed by atoms with Crippen molar-refractivity contribution in [2.45, 2.75) is 0 Å². The first-order chi connectivity index (χ1) is 10.2. The summed E-state index contributed by atoms with van der Waals surface area (Å²) < 4.78 is 0. The average molecular weight is 306 g/mol. The zero-order valence-corrected chi connectivity index (χ0v) is 10.5. The van der Waals surface area contributed by atoms with Crippen molar-refractivity contribution in [1.82, 2.24) is 0 Å². The summed E-state index contributed by atoms with van der Waals surface area (Å²) in [5.41, 5.74) is -2.45. The fourth-order valence-electron chi connectivity index (χ4n) is 2.03. The molecule has 0 saturated carbocycles. The first kappa shape index (κ1) is 14.8. The monoisotopic (exact) mass is 306 g/mol. The van der Waals surface area contributed by atoms with Gasteiger partial charge in [0.2, 0.25) is 0 Å². The third kappa shape index (κ3) is 2.40. The van der Waals surface area contributed by atoms with Gasteiger partial charge in [-0.25, -0.2) is 9.59 Å². The summed E-state index contributed by atoms with van der Waals surface area (Å²) >= 11 is 0. The van der Waals surface area contributed by atoms with Crippen LogP contribution in [-0.2, 0) is 0 Å². The molecule has 0 spiro atoms. The van der Waals surface area contributed by atoms with E-state index < -0.39 is 44.3 Å². The third-order valence-corrected chi connectivity index (χ3v) is 2.90. The Kier molecular flexibility index (Phi) is 3.43. The molecule has 0 unspecified atom stereocenters. The van der Waals surface area contributed by atoms with Crippen molar-refractivity contribution >= 4 is 34.1 Å². The van der Waals surface area contributed by atoms with Crippen molar-refractivity contribution in [3.05, 3.63) is 55.6 Å². The summed E-state index contributed by atoms with van der Waals surface area (Å²) in [6, 6.07) is 3.20. The van der Waals surface area contributed by atoms with Crippen LogP contribution >= 0.6 is 0 Å². The lowest BCUT2D eigenvalue weighted by Crippen LogP contribution is -2.06. The zero-order chi connectivity index (χ0) is 16.6. The van der Waals surface area contributed by atoms with Gasteiger partial charge in [-0.1, -0.05) is 0 Å². The van der Waals surface area contributed by atoms with Crippen LogP contribution in [-0.4, -0.2) is 32.0 Å². The Labute approximate surface area is 120 Å². The van der Waals surface area contributed by atoms with Gasteiger partial charge in [0, 0.05) is 29.7 Å². The fourth-order valence-corrected chi connectivity index (χ4v) is 2.03. The van der Waals surface area contributed by atoms with E-state index in [2.05, 4.69) is 0 Å². The van der Waals surface area contributed by atoms with Gasteiger partial charge in [0.05, 0.1) is 21.0 Å². The number of carboxylic acids is 2. The highest BCUT2D eigenvalue weighted by molar-refractivity contribution is 6.14. The molecular formula is C12H6N2O8. The molecule has 0 fully saturated rings. The van der Waals surface area contributed by atoms with Crippen LogP contribution in [0.4, 0.5) is 11.4 Å². The Bertz CT molecular complexity index is 791. The third-order valence-electron chi connectivity index (χ3n) is 2.90. The Morgan fingerprint density at radius 2 is 1.18 bits per heavy atom. The molecule has 0 radical (unpaired) electrons. The van der Waals surface area contributed by atoms with Gasteiger partial charge in [0.25, 0.3) is 11.4 Å². The average Bonchev–Trinajstić information content (AvgIpc) is 2.43. The van der Waals surface area contributed by atoms with Gasteiger partial charge in [0.1, 0.15) is 0 Å². The Balaban J connectivity index is 3.03. The van der Waals surface area contributed by atoms with Gasteiger partial charge in [-0.2, -0.15) is 0 Å². The second-order valence-corrected chi connectivity index (χ2v) is 4.21. The first-order valence-corrected chi connectivity index (χ1v) is 5.59. The van der Waals surface area contributed by atoms with Gasteiger partial charge in [-0.05, 0) is 5.39 Å². The second kappa shape index (κ2) is 5.09. The molecule has 2 N–H and O–H groups in total. The normalized spacial score (nSPS) is 10.4. The summed E-state index contributed by atoms with van der Waals surface area (Å²) in [5.74, 6) is -3.16. The van der Waals surface area contributed by atoms with Crippen molar-refractivity contribution in [3.63, 3.8) is 0 Å². The zero-order valence-electron chi connectivity index (χ0n) is 10.5. The lowest BCUT2D eigenvalue weighted by Gasteiger charge is -2.07. The number of benzene rings is 2. The molecule has 2 aromatic carbocycles. The van der Waals surface area contributed by atoms with Crippen molar-refractivity contribution < 1.29 is 29.6 Å². The van der Waals surface area contributed by atoms with Gasteiger partial charge in [-0.3, -0.25) is 20.2 Å². The maximum atomic E-state index is 11.2. The number of nitrogens with zero attached hydrogens (tertiary/aromatic N) is 2. The van der Waals surface area contributed by atoms with E-state index in [1.165, 1.54) is 0 Å². The number of non-ortho nitro benzene ring substituents is 2. The summed E-state index contributed by atoms with van der Waals surface area (Å²) in [7, 11) is 0. The molecule has 10 heteroatoms. The number of nitro benzene ring substituents is 2. The molecular weight excluding hydrogens is 300 g/mol. The molecule has 112 valence electrons. The van der Waals surface area contributed by atoms with E-state index in [9.17, 15) is 29.8 Å². The number of fused-ring (bicyclic) bond motifs is 1. The summed E-state index contributed by atoms with van der Waals surface area (Å²) in [6.07, 6.45) is 0. The molecule has 0 aliphatic heterocycles. The van der Waals surface area contributed by atoms with Crippen LogP contribution < -0.4 is 0 Å². The van der Waals surface area contributed by atoms with E-state index in [1.54, 1.807) is 0 Å². The van der Waals surface area contributed by atoms with E-state index in [1.807, 2.05) is 0 Å². The van der Waals surface area contributed by atoms with Crippen molar-refractivity contribution in [3.8, 4) is 0 Å². The number of nitro groups is 2.